The van der Waals surface area contributed by atoms with Gasteiger partial charge in [0.25, 0.3) is 0 Å². The molecule has 3 heteroatoms. The molecule has 0 spiro atoms. The average Bonchev–Trinajstić information content (AvgIpc) is 2.28. The van der Waals surface area contributed by atoms with Crippen molar-refractivity contribution in [2.75, 3.05) is 0 Å². The Morgan fingerprint density at radius 3 is 2.62 bits per heavy atom. The van der Waals surface area contributed by atoms with Crippen LogP contribution in [0.15, 0.2) is 48.7 Å². The summed E-state index contributed by atoms with van der Waals surface area (Å²) in [4.78, 5) is 0. The molecule has 2 rings (SSSR count). The van der Waals surface area contributed by atoms with E-state index < -0.39 is 0 Å². The van der Waals surface area contributed by atoms with Crippen molar-refractivity contribution < 1.29 is 0 Å². The molecule has 2 aliphatic rings. The SMILES string of the molecule is c1cccc2cn[nH]nc-2ccc1. The van der Waals surface area contributed by atoms with E-state index >= 15 is 0 Å². The normalized spacial score (nSPS) is 9.54. The summed E-state index contributed by atoms with van der Waals surface area (Å²) in [5.41, 5.74) is 1.90. The van der Waals surface area contributed by atoms with Crippen molar-refractivity contribution in [1.82, 2.24) is 15.4 Å². The monoisotopic (exact) mass is 171 g/mol. The molecule has 1 heterocycles. The Morgan fingerprint density at radius 1 is 0.923 bits per heavy atom. The zero-order valence-corrected chi connectivity index (χ0v) is 7.01. The van der Waals surface area contributed by atoms with Crippen molar-refractivity contribution in [3.8, 4) is 11.3 Å². The smallest absolute Gasteiger partial charge is 0.0938 e. The van der Waals surface area contributed by atoms with E-state index in [1.165, 1.54) is 0 Å². The largest absolute Gasteiger partial charge is 0.197 e. The lowest BCUT2D eigenvalue weighted by Gasteiger charge is -1.95. The number of H-pyrrole nitrogens is 1. The number of hydrogen-bond donors (Lipinski definition) is 1. The molecule has 0 atom stereocenters. The van der Waals surface area contributed by atoms with Gasteiger partial charge in [-0.05, 0) is 6.07 Å². The van der Waals surface area contributed by atoms with Crippen molar-refractivity contribution in [3.05, 3.63) is 48.7 Å². The zero-order valence-electron chi connectivity index (χ0n) is 7.01. The number of aromatic amines is 1. The van der Waals surface area contributed by atoms with Crippen LogP contribution in [0.5, 0.6) is 0 Å². The van der Waals surface area contributed by atoms with Crippen LogP contribution in [0.2, 0.25) is 0 Å². The van der Waals surface area contributed by atoms with Crippen LogP contribution in [0.3, 0.4) is 0 Å². The van der Waals surface area contributed by atoms with Gasteiger partial charge in [0.15, 0.2) is 0 Å². The van der Waals surface area contributed by atoms with E-state index in [4.69, 9.17) is 0 Å². The third-order valence-electron chi connectivity index (χ3n) is 1.70. The molecular formula is C10H9N3. The van der Waals surface area contributed by atoms with Crippen LogP contribution in [0, 0.1) is 0 Å². The summed E-state index contributed by atoms with van der Waals surface area (Å²) in [6.45, 7) is 0. The molecule has 0 radical (unpaired) electrons. The van der Waals surface area contributed by atoms with E-state index in [2.05, 4.69) is 15.4 Å². The molecule has 64 valence electrons. The maximum Gasteiger partial charge on any atom is 0.0938 e. The van der Waals surface area contributed by atoms with Gasteiger partial charge >= 0.3 is 0 Å². The van der Waals surface area contributed by atoms with Crippen LogP contribution in [-0.2, 0) is 0 Å². The quantitative estimate of drug-likeness (QED) is 0.659. The van der Waals surface area contributed by atoms with E-state index in [1.807, 2.05) is 42.5 Å². The standard InChI is InChI=1S/C10H9N3/c1-2-4-6-9-8-11-13-12-10(9)7-5-3-1/h1-8,13H. The second kappa shape index (κ2) is 3.67. The third-order valence-corrected chi connectivity index (χ3v) is 1.70. The van der Waals surface area contributed by atoms with Gasteiger partial charge in [0, 0.05) is 5.56 Å². The van der Waals surface area contributed by atoms with E-state index in [9.17, 15) is 0 Å². The van der Waals surface area contributed by atoms with E-state index in [0.717, 1.165) is 11.3 Å². The number of nitrogens with zero attached hydrogens (tertiary/aromatic N) is 2. The van der Waals surface area contributed by atoms with Gasteiger partial charge in [-0.1, -0.05) is 36.4 Å². The van der Waals surface area contributed by atoms with Crippen molar-refractivity contribution in [3.63, 3.8) is 0 Å². The molecule has 0 amide bonds. The van der Waals surface area contributed by atoms with Gasteiger partial charge < -0.3 is 0 Å². The fraction of sp³-hybridized carbons (Fsp3) is 0. The van der Waals surface area contributed by atoms with Crippen LogP contribution < -0.4 is 0 Å². The molecule has 0 saturated carbocycles. The first-order chi connectivity index (χ1) is 6.47. The highest BCUT2D eigenvalue weighted by molar-refractivity contribution is 5.55. The zero-order chi connectivity index (χ0) is 8.93. The number of aromatic nitrogens is 3. The molecule has 0 aromatic rings. The van der Waals surface area contributed by atoms with Gasteiger partial charge in [-0.2, -0.15) is 15.4 Å². The summed E-state index contributed by atoms with van der Waals surface area (Å²) in [5.74, 6) is 0. The van der Waals surface area contributed by atoms with Crippen molar-refractivity contribution in [2.45, 2.75) is 0 Å². The van der Waals surface area contributed by atoms with Gasteiger partial charge in [-0.25, -0.2) is 0 Å². The van der Waals surface area contributed by atoms with Gasteiger partial charge in [0.1, 0.15) is 0 Å². The van der Waals surface area contributed by atoms with Crippen LogP contribution >= 0.6 is 0 Å². The summed E-state index contributed by atoms with van der Waals surface area (Å²) in [6.07, 6.45) is 1.75. The summed E-state index contributed by atoms with van der Waals surface area (Å²) in [7, 11) is 0. The molecule has 0 aromatic carbocycles. The maximum absolute atomic E-state index is 4.04. The minimum Gasteiger partial charge on any atom is -0.197 e. The minimum atomic E-state index is 0.895. The lowest BCUT2D eigenvalue weighted by atomic mass is 10.2. The number of nitrogens with one attached hydrogen (secondary N) is 1. The first-order valence-corrected chi connectivity index (χ1v) is 4.05. The van der Waals surface area contributed by atoms with E-state index in [-0.39, 0.29) is 0 Å². The highest BCUT2D eigenvalue weighted by atomic mass is 15.3. The Bertz CT molecular complexity index is 369. The Hall–Kier alpha value is -1.90. The van der Waals surface area contributed by atoms with Crippen LogP contribution in [0.25, 0.3) is 11.3 Å². The molecular weight excluding hydrogens is 162 g/mol. The average molecular weight is 171 g/mol. The van der Waals surface area contributed by atoms with Crippen molar-refractivity contribution >= 4 is 0 Å². The Kier molecular flexibility index (Phi) is 2.18. The predicted molar refractivity (Wildman–Crippen MR) is 50.6 cm³/mol. The highest BCUT2D eigenvalue weighted by Crippen LogP contribution is 2.11. The highest BCUT2D eigenvalue weighted by Gasteiger charge is 1.95. The van der Waals surface area contributed by atoms with Gasteiger partial charge in [0.05, 0.1) is 11.9 Å². The first-order valence-electron chi connectivity index (χ1n) is 4.05. The van der Waals surface area contributed by atoms with Crippen LogP contribution in [-0.4, -0.2) is 15.4 Å². The molecule has 0 bridgehead atoms. The maximum atomic E-state index is 4.04. The molecule has 0 unspecified atom stereocenters. The van der Waals surface area contributed by atoms with Gasteiger partial charge in [-0.3, -0.25) is 0 Å². The molecule has 13 heavy (non-hydrogen) atoms. The van der Waals surface area contributed by atoms with E-state index in [1.54, 1.807) is 6.20 Å². The minimum absolute atomic E-state index is 0.895. The number of rotatable bonds is 0. The van der Waals surface area contributed by atoms with Crippen LogP contribution in [0.1, 0.15) is 0 Å². The van der Waals surface area contributed by atoms with Crippen LogP contribution in [0.4, 0.5) is 0 Å². The molecule has 1 aliphatic carbocycles. The Labute approximate surface area is 76.1 Å². The fourth-order valence-corrected chi connectivity index (χ4v) is 1.07. The summed E-state index contributed by atoms with van der Waals surface area (Å²) < 4.78 is 0. The van der Waals surface area contributed by atoms with E-state index in [0.29, 0.717) is 0 Å². The summed E-state index contributed by atoms with van der Waals surface area (Å²) in [6, 6.07) is 13.7. The van der Waals surface area contributed by atoms with Crippen molar-refractivity contribution in [1.29, 1.82) is 0 Å². The molecule has 0 fully saturated rings. The molecule has 1 N–H and O–H groups in total. The lowest BCUT2D eigenvalue weighted by Crippen LogP contribution is -1.89. The van der Waals surface area contributed by atoms with Gasteiger partial charge in [0.2, 0.25) is 0 Å². The lowest BCUT2D eigenvalue weighted by molar-refractivity contribution is 0.869. The third kappa shape index (κ3) is 1.82. The molecule has 3 nitrogen and oxygen atoms in total. The summed E-state index contributed by atoms with van der Waals surface area (Å²) >= 11 is 0. The number of fused-ring (bicyclic) bond motifs is 1. The van der Waals surface area contributed by atoms with Gasteiger partial charge in [-0.15, -0.1) is 0 Å². The topological polar surface area (TPSA) is 41.6 Å². The predicted octanol–water partition coefficient (Wildman–Crippen LogP) is 2.03. The molecule has 0 saturated heterocycles. The Morgan fingerprint density at radius 2 is 1.69 bits per heavy atom. The van der Waals surface area contributed by atoms with Crippen molar-refractivity contribution in [2.24, 2.45) is 0 Å². The molecule has 0 aromatic heterocycles. The fourth-order valence-electron chi connectivity index (χ4n) is 1.07. The number of hydrogen-bond acceptors (Lipinski definition) is 2. The second-order valence-electron chi connectivity index (χ2n) is 2.61. The first kappa shape index (κ1) is 7.73. The summed E-state index contributed by atoms with van der Waals surface area (Å²) in [5, 5.41) is 10.5. The second-order valence-corrected chi connectivity index (χ2v) is 2.61. The Balaban J connectivity index is 2.69. The molecule has 1 aliphatic heterocycles.